The molecule has 0 spiro atoms. The predicted octanol–water partition coefficient (Wildman–Crippen LogP) is 13.5. The van der Waals surface area contributed by atoms with Crippen molar-refractivity contribution in [2.75, 3.05) is 19.8 Å². The van der Waals surface area contributed by atoms with Crippen molar-refractivity contribution in [2.45, 2.75) is 175 Å². The lowest BCUT2D eigenvalue weighted by Crippen LogP contribution is -2.29. The SMILES string of the molecule is CC/C=C\C/C=C\C/C=C\C/C=C\C/C=C\C/C=C\CCC(=O)OC(COC(=O)CCCCCCC/C=C\CCCCCCCCC)COP(=O)(O)OCC. The average Bonchev–Trinajstić information content (AvgIpc) is 3.16. The van der Waals surface area contributed by atoms with Crippen LogP contribution in [0.4, 0.5) is 0 Å². The molecule has 0 bridgehead atoms. The molecule has 1 N–H and O–H groups in total. The molecule has 2 unspecified atom stereocenters. The first-order valence-corrected chi connectivity index (χ1v) is 22.9. The molecule has 0 saturated heterocycles. The summed E-state index contributed by atoms with van der Waals surface area (Å²) in [5, 5.41) is 0. The third-order valence-corrected chi connectivity index (χ3v) is 9.51. The van der Waals surface area contributed by atoms with Crippen LogP contribution in [-0.2, 0) is 32.7 Å². The molecule has 8 nitrogen and oxygen atoms in total. The van der Waals surface area contributed by atoms with Gasteiger partial charge in [0.25, 0.3) is 0 Å². The van der Waals surface area contributed by atoms with E-state index in [0.717, 1.165) is 77.0 Å². The van der Waals surface area contributed by atoms with E-state index in [-0.39, 0.29) is 26.1 Å². The third-order valence-electron chi connectivity index (χ3n) is 8.45. The van der Waals surface area contributed by atoms with Gasteiger partial charge in [-0.1, -0.05) is 157 Å². The predicted molar refractivity (Wildman–Crippen MR) is 230 cm³/mol. The maximum Gasteiger partial charge on any atom is 0.472 e. The van der Waals surface area contributed by atoms with Gasteiger partial charge in [0.1, 0.15) is 6.61 Å². The first kappa shape index (κ1) is 52.2. The second-order valence-corrected chi connectivity index (χ2v) is 15.1. The smallest absolute Gasteiger partial charge is 0.462 e. The lowest BCUT2D eigenvalue weighted by molar-refractivity contribution is -0.161. The van der Waals surface area contributed by atoms with E-state index in [9.17, 15) is 19.0 Å². The van der Waals surface area contributed by atoms with Crippen molar-refractivity contribution in [3.8, 4) is 0 Å². The fourth-order valence-electron chi connectivity index (χ4n) is 5.35. The summed E-state index contributed by atoms with van der Waals surface area (Å²) in [6.07, 6.45) is 52.2. The minimum atomic E-state index is -4.31. The third kappa shape index (κ3) is 40.7. The Balaban J connectivity index is 4.26. The monoisotopic (exact) mass is 789 g/mol. The van der Waals surface area contributed by atoms with Gasteiger partial charge in [-0.15, -0.1) is 0 Å². The molecule has 0 aromatic heterocycles. The zero-order valence-corrected chi connectivity index (χ0v) is 35.7. The lowest BCUT2D eigenvalue weighted by Gasteiger charge is -2.19. The van der Waals surface area contributed by atoms with E-state index in [1.165, 1.54) is 51.4 Å². The number of rotatable bonds is 38. The molecule has 0 aromatic rings. The fraction of sp³-hybridized carbons (Fsp3) is 0.652. The van der Waals surface area contributed by atoms with Crippen molar-refractivity contribution in [2.24, 2.45) is 0 Å². The first-order chi connectivity index (χ1) is 26.8. The van der Waals surface area contributed by atoms with Crippen molar-refractivity contribution < 1.29 is 37.6 Å². The van der Waals surface area contributed by atoms with Crippen LogP contribution < -0.4 is 0 Å². The Labute approximate surface area is 335 Å². The molecule has 0 fully saturated rings. The Kier molecular flexibility index (Phi) is 38.8. The second-order valence-electron chi connectivity index (χ2n) is 13.6. The molecule has 55 heavy (non-hydrogen) atoms. The van der Waals surface area contributed by atoms with Crippen LogP contribution in [0.5, 0.6) is 0 Å². The van der Waals surface area contributed by atoms with Gasteiger partial charge in [0.05, 0.1) is 13.2 Å². The van der Waals surface area contributed by atoms with Crippen molar-refractivity contribution in [3.05, 3.63) is 85.1 Å². The van der Waals surface area contributed by atoms with Gasteiger partial charge in [0.15, 0.2) is 6.10 Å². The van der Waals surface area contributed by atoms with E-state index in [4.69, 9.17) is 18.5 Å². The molecule has 0 rings (SSSR count). The van der Waals surface area contributed by atoms with Crippen LogP contribution in [-0.4, -0.2) is 42.8 Å². The van der Waals surface area contributed by atoms with Gasteiger partial charge >= 0.3 is 19.8 Å². The Morgan fingerprint density at radius 3 is 1.47 bits per heavy atom. The molecule has 0 aliphatic carbocycles. The number of carbonyl (C=O) groups excluding carboxylic acids is 2. The van der Waals surface area contributed by atoms with E-state index in [1.807, 2.05) is 12.2 Å². The highest BCUT2D eigenvalue weighted by molar-refractivity contribution is 7.47. The maximum absolute atomic E-state index is 12.5. The molecule has 0 saturated carbocycles. The van der Waals surface area contributed by atoms with Gasteiger partial charge in [-0.25, -0.2) is 4.57 Å². The maximum atomic E-state index is 12.5. The number of ether oxygens (including phenoxy) is 2. The van der Waals surface area contributed by atoms with Gasteiger partial charge in [-0.05, 0) is 84.0 Å². The number of carbonyl (C=O) groups is 2. The summed E-state index contributed by atoms with van der Waals surface area (Å²) in [4.78, 5) is 34.7. The summed E-state index contributed by atoms with van der Waals surface area (Å²) in [5.41, 5.74) is 0. The minimum absolute atomic E-state index is 0.0187. The molecule has 0 radical (unpaired) electrons. The Hall–Kier alpha value is -2.77. The second kappa shape index (κ2) is 40.9. The van der Waals surface area contributed by atoms with Crippen molar-refractivity contribution in [1.29, 1.82) is 0 Å². The molecule has 2 atom stereocenters. The first-order valence-electron chi connectivity index (χ1n) is 21.4. The lowest BCUT2D eigenvalue weighted by atomic mass is 10.1. The Morgan fingerprint density at radius 2 is 0.964 bits per heavy atom. The highest BCUT2D eigenvalue weighted by Gasteiger charge is 2.25. The molecule has 314 valence electrons. The zero-order valence-electron chi connectivity index (χ0n) is 34.8. The molecule has 0 heterocycles. The van der Waals surface area contributed by atoms with Crippen LogP contribution in [0.3, 0.4) is 0 Å². The number of hydrogen-bond donors (Lipinski definition) is 1. The molecule has 0 aliphatic heterocycles. The topological polar surface area (TPSA) is 108 Å². The number of hydrogen-bond acceptors (Lipinski definition) is 7. The van der Waals surface area contributed by atoms with Crippen molar-refractivity contribution >= 4 is 19.8 Å². The highest BCUT2D eigenvalue weighted by Crippen LogP contribution is 2.43. The van der Waals surface area contributed by atoms with Crippen LogP contribution in [0.1, 0.15) is 168 Å². The summed E-state index contributed by atoms with van der Waals surface area (Å²) in [5.74, 6) is -0.912. The summed E-state index contributed by atoms with van der Waals surface area (Å²) < 4.78 is 32.5. The van der Waals surface area contributed by atoms with Gasteiger partial charge in [-0.3, -0.25) is 18.6 Å². The van der Waals surface area contributed by atoms with E-state index in [1.54, 1.807) is 6.92 Å². The fourth-order valence-corrected chi connectivity index (χ4v) is 6.11. The average molecular weight is 789 g/mol. The van der Waals surface area contributed by atoms with Gasteiger partial charge < -0.3 is 14.4 Å². The number of phosphoric ester groups is 1. The summed E-state index contributed by atoms with van der Waals surface area (Å²) in [6, 6.07) is 0. The molecular weight excluding hydrogens is 711 g/mol. The number of esters is 2. The Morgan fingerprint density at radius 1 is 0.509 bits per heavy atom. The summed E-state index contributed by atoms with van der Waals surface area (Å²) in [6.45, 7) is 5.25. The minimum Gasteiger partial charge on any atom is -0.462 e. The zero-order chi connectivity index (χ0) is 40.3. The van der Waals surface area contributed by atoms with Gasteiger partial charge in [0, 0.05) is 12.8 Å². The van der Waals surface area contributed by atoms with Crippen LogP contribution in [0.2, 0.25) is 0 Å². The molecular formula is C46H77O8P. The standard InChI is InChI=1S/C46H77O8P/c1-4-7-9-11-13-15-17-19-21-23-24-25-27-29-31-33-35-37-39-41-46(48)54-44(43-53-55(49,50)52-6-3)42-51-45(47)40-38-36-34-32-30-28-26-22-20-18-16-14-12-10-8-5-2/h7,9,13,15,19,21-22,24-26,29,31,35,37,44H,4-6,8,10-12,14,16-18,20,23,27-28,30,32-34,36,38-43H2,1-3H3,(H,49,50)/b9-7-,15-13-,21-19-,25-24-,26-22-,31-29-,37-35-. The normalized spacial score (nSPS) is 14.2. The van der Waals surface area contributed by atoms with Crippen LogP contribution in [0, 0.1) is 0 Å². The van der Waals surface area contributed by atoms with Crippen molar-refractivity contribution in [3.63, 3.8) is 0 Å². The van der Waals surface area contributed by atoms with E-state index >= 15 is 0 Å². The molecule has 0 aromatic carbocycles. The summed E-state index contributed by atoms with van der Waals surface area (Å²) in [7, 11) is -4.31. The molecule has 0 aliphatic rings. The molecule has 0 amide bonds. The van der Waals surface area contributed by atoms with Crippen LogP contribution in [0.15, 0.2) is 85.1 Å². The summed E-state index contributed by atoms with van der Waals surface area (Å²) >= 11 is 0. The van der Waals surface area contributed by atoms with Crippen LogP contribution >= 0.6 is 7.82 Å². The number of allylic oxidation sites excluding steroid dienone is 14. The molecule has 9 heteroatoms. The number of phosphoric acid groups is 1. The quantitative estimate of drug-likeness (QED) is 0.0285. The van der Waals surface area contributed by atoms with E-state index in [2.05, 4.69) is 86.8 Å². The Bertz CT molecular complexity index is 1170. The van der Waals surface area contributed by atoms with E-state index < -0.39 is 32.5 Å². The highest BCUT2D eigenvalue weighted by atomic mass is 31.2. The van der Waals surface area contributed by atoms with Crippen LogP contribution in [0.25, 0.3) is 0 Å². The van der Waals surface area contributed by atoms with Gasteiger partial charge in [-0.2, -0.15) is 0 Å². The largest absolute Gasteiger partial charge is 0.472 e. The number of unbranched alkanes of at least 4 members (excludes halogenated alkanes) is 12. The van der Waals surface area contributed by atoms with Crippen molar-refractivity contribution in [1.82, 2.24) is 0 Å². The van der Waals surface area contributed by atoms with Gasteiger partial charge in [0.2, 0.25) is 0 Å². The van der Waals surface area contributed by atoms with E-state index in [0.29, 0.717) is 6.42 Å².